The quantitative estimate of drug-likeness (QED) is 0.377. The van der Waals surface area contributed by atoms with E-state index < -0.39 is 17.7 Å². The maximum absolute atomic E-state index is 14.1. The van der Waals surface area contributed by atoms with Gasteiger partial charge in [0.2, 0.25) is 0 Å². The van der Waals surface area contributed by atoms with Gasteiger partial charge in [0, 0.05) is 60.7 Å². The lowest BCUT2D eigenvalue weighted by Crippen LogP contribution is -2.54. The van der Waals surface area contributed by atoms with Crippen LogP contribution in [0.3, 0.4) is 0 Å². The Morgan fingerprint density at radius 1 is 1.11 bits per heavy atom. The lowest BCUT2D eigenvalue weighted by Gasteiger charge is -2.52. The van der Waals surface area contributed by atoms with E-state index in [1.165, 1.54) is 17.0 Å². The number of hydrogen-bond acceptors (Lipinski definition) is 3. The fourth-order valence-corrected chi connectivity index (χ4v) is 5.44. The largest absolute Gasteiger partial charge is 0.449 e. The van der Waals surface area contributed by atoms with Crippen molar-refractivity contribution in [2.24, 2.45) is 11.3 Å². The third-order valence-corrected chi connectivity index (χ3v) is 7.64. The van der Waals surface area contributed by atoms with Gasteiger partial charge in [-0.15, -0.1) is 0 Å². The predicted molar refractivity (Wildman–Crippen MR) is 139 cm³/mol. The van der Waals surface area contributed by atoms with E-state index in [9.17, 15) is 13.6 Å². The zero-order valence-electron chi connectivity index (χ0n) is 20.6. The van der Waals surface area contributed by atoms with E-state index in [0.29, 0.717) is 23.7 Å². The third-order valence-electron chi connectivity index (χ3n) is 7.11. The normalized spacial score (nSPS) is 21.9. The highest BCUT2D eigenvalue weighted by molar-refractivity contribution is 6.31. The second-order valence-corrected chi connectivity index (χ2v) is 11.0. The Bertz CT molecular complexity index is 1140. The lowest BCUT2D eigenvalue weighted by atomic mass is 9.70. The minimum absolute atomic E-state index is 0.0394. The molecule has 1 amide bonds. The van der Waals surface area contributed by atoms with Gasteiger partial charge in [-0.2, -0.15) is 0 Å². The van der Waals surface area contributed by atoms with E-state index in [-0.39, 0.29) is 29.9 Å². The minimum atomic E-state index is -0.646. The zero-order chi connectivity index (χ0) is 26.0. The summed E-state index contributed by atoms with van der Waals surface area (Å²) in [6.45, 7) is 3.60. The summed E-state index contributed by atoms with van der Waals surface area (Å²) >= 11 is 12.4. The molecule has 192 valence electrons. The van der Waals surface area contributed by atoms with Crippen molar-refractivity contribution in [1.29, 1.82) is 0 Å². The molecule has 4 rings (SSSR count). The molecule has 0 spiro atoms. The molecule has 1 saturated heterocycles. The number of amides is 1. The number of halogens is 4. The molecular formula is C28H30Cl2F2N2O2. The Labute approximate surface area is 221 Å². The highest BCUT2D eigenvalue weighted by atomic mass is 35.5. The summed E-state index contributed by atoms with van der Waals surface area (Å²) in [6, 6.07) is 11.4. The van der Waals surface area contributed by atoms with Crippen molar-refractivity contribution in [3.8, 4) is 0 Å². The Morgan fingerprint density at radius 2 is 1.75 bits per heavy atom. The fraction of sp³-hybridized carbons (Fsp3) is 0.393. The number of benzene rings is 2. The molecule has 4 nitrogen and oxygen atoms in total. The van der Waals surface area contributed by atoms with E-state index in [1.807, 2.05) is 36.4 Å². The molecule has 1 fully saturated rings. The van der Waals surface area contributed by atoms with Crippen molar-refractivity contribution in [2.75, 3.05) is 33.8 Å². The van der Waals surface area contributed by atoms with Gasteiger partial charge < -0.3 is 9.64 Å². The second-order valence-electron chi connectivity index (χ2n) is 10.1. The third kappa shape index (κ3) is 5.93. The first-order chi connectivity index (χ1) is 17.1. The molecule has 1 aliphatic heterocycles. The highest BCUT2D eigenvalue weighted by Crippen LogP contribution is 2.49. The number of carbonyl (C=O) groups is 1. The van der Waals surface area contributed by atoms with Crippen molar-refractivity contribution in [2.45, 2.75) is 25.3 Å². The minimum Gasteiger partial charge on any atom is -0.449 e. The average Bonchev–Trinajstić information content (AvgIpc) is 2.79. The SMILES string of the molecule is CN(C)C(=O)OCC(c1cc(F)cc(F)c1)C1CN(C(c2ccc(Cl)cc2)C2(C)C=CC(Cl)=CC2)C1. The number of nitrogens with zero attached hydrogens (tertiary/aromatic N) is 2. The second kappa shape index (κ2) is 10.9. The summed E-state index contributed by atoms with van der Waals surface area (Å²) in [7, 11) is 3.19. The molecule has 0 radical (unpaired) electrons. The summed E-state index contributed by atoms with van der Waals surface area (Å²) in [6.07, 6.45) is 6.40. The molecule has 2 aliphatic rings. The highest BCUT2D eigenvalue weighted by Gasteiger charge is 2.45. The summed E-state index contributed by atoms with van der Waals surface area (Å²) in [5, 5.41) is 1.39. The smallest absolute Gasteiger partial charge is 0.409 e. The molecule has 2 aromatic rings. The van der Waals surface area contributed by atoms with Crippen molar-refractivity contribution >= 4 is 29.3 Å². The van der Waals surface area contributed by atoms with Crippen LogP contribution in [0.15, 0.2) is 65.7 Å². The van der Waals surface area contributed by atoms with Crippen LogP contribution in [0.25, 0.3) is 0 Å². The molecule has 36 heavy (non-hydrogen) atoms. The molecule has 0 saturated carbocycles. The number of allylic oxidation sites excluding steroid dienone is 3. The molecule has 0 N–H and O–H groups in total. The molecule has 2 aromatic carbocycles. The van der Waals surface area contributed by atoms with E-state index in [4.69, 9.17) is 27.9 Å². The first-order valence-electron chi connectivity index (χ1n) is 11.9. The summed E-state index contributed by atoms with van der Waals surface area (Å²) in [5.74, 6) is -1.59. The van der Waals surface area contributed by atoms with Crippen molar-refractivity contribution < 1.29 is 18.3 Å². The molecular weight excluding hydrogens is 505 g/mol. The number of carbonyl (C=O) groups excluding carboxylic acids is 1. The number of hydrogen-bond donors (Lipinski definition) is 0. The number of likely N-dealkylation sites (tertiary alicyclic amines) is 1. The molecule has 3 unspecified atom stereocenters. The van der Waals surface area contributed by atoms with E-state index in [0.717, 1.165) is 23.1 Å². The fourth-order valence-electron chi connectivity index (χ4n) is 5.18. The van der Waals surface area contributed by atoms with E-state index >= 15 is 0 Å². The molecule has 0 bridgehead atoms. The maximum Gasteiger partial charge on any atom is 0.409 e. The van der Waals surface area contributed by atoms with E-state index in [2.05, 4.69) is 17.9 Å². The van der Waals surface area contributed by atoms with Gasteiger partial charge in [-0.1, -0.05) is 54.4 Å². The Hall–Kier alpha value is -2.41. The van der Waals surface area contributed by atoms with Crippen LogP contribution < -0.4 is 0 Å². The average molecular weight is 535 g/mol. The van der Waals surface area contributed by atoms with Gasteiger partial charge >= 0.3 is 6.09 Å². The van der Waals surface area contributed by atoms with Crippen LogP contribution in [0.5, 0.6) is 0 Å². The molecule has 3 atom stereocenters. The number of ether oxygens (including phenoxy) is 1. The molecule has 8 heteroatoms. The lowest BCUT2D eigenvalue weighted by molar-refractivity contribution is -0.0166. The first kappa shape index (κ1) is 26.6. The Balaban J connectivity index is 1.59. The zero-order valence-corrected chi connectivity index (χ0v) is 22.1. The summed E-state index contributed by atoms with van der Waals surface area (Å²) in [5.41, 5.74) is 1.41. The maximum atomic E-state index is 14.1. The summed E-state index contributed by atoms with van der Waals surface area (Å²) in [4.78, 5) is 15.8. The molecule has 0 aromatic heterocycles. The monoisotopic (exact) mass is 534 g/mol. The van der Waals surface area contributed by atoms with Gasteiger partial charge in [0.1, 0.15) is 18.2 Å². The van der Waals surface area contributed by atoms with Gasteiger partial charge in [-0.05, 0) is 53.8 Å². The summed E-state index contributed by atoms with van der Waals surface area (Å²) < 4.78 is 33.6. The van der Waals surface area contributed by atoms with E-state index in [1.54, 1.807) is 14.1 Å². The van der Waals surface area contributed by atoms with Crippen LogP contribution in [0, 0.1) is 23.0 Å². The van der Waals surface area contributed by atoms with Gasteiger partial charge in [-0.25, -0.2) is 13.6 Å². The van der Waals surface area contributed by atoms with Gasteiger partial charge in [0.25, 0.3) is 0 Å². The predicted octanol–water partition coefficient (Wildman–Crippen LogP) is 7.16. The Kier molecular flexibility index (Phi) is 8.08. The molecule has 1 aliphatic carbocycles. The van der Waals surface area contributed by atoms with Gasteiger partial charge in [0.15, 0.2) is 0 Å². The topological polar surface area (TPSA) is 32.8 Å². The van der Waals surface area contributed by atoms with Crippen LogP contribution >= 0.6 is 23.2 Å². The van der Waals surface area contributed by atoms with Crippen molar-refractivity contribution in [1.82, 2.24) is 9.80 Å². The van der Waals surface area contributed by atoms with Gasteiger partial charge in [-0.3, -0.25) is 4.90 Å². The molecule has 1 heterocycles. The first-order valence-corrected chi connectivity index (χ1v) is 12.7. The standard InChI is InChI=1S/C28H30Cl2F2N2O2/c1-28(10-8-22(30)9-11-28)26(18-4-6-21(29)7-5-18)34-15-20(16-34)25(17-36-27(35)33(2)3)19-12-23(31)14-24(32)13-19/h4-10,12-14,20,25-26H,11,15-17H2,1-3H3. The van der Waals surface area contributed by atoms with Crippen LogP contribution in [-0.4, -0.2) is 49.7 Å². The number of rotatable bonds is 7. The van der Waals surface area contributed by atoms with Crippen molar-refractivity contribution in [3.05, 3.63) is 93.5 Å². The van der Waals surface area contributed by atoms with Crippen LogP contribution in [0.1, 0.15) is 36.4 Å². The van der Waals surface area contributed by atoms with Gasteiger partial charge in [0.05, 0.1) is 0 Å². The van der Waals surface area contributed by atoms with Crippen LogP contribution in [0.2, 0.25) is 5.02 Å². The van der Waals surface area contributed by atoms with Crippen LogP contribution in [0.4, 0.5) is 13.6 Å². The van der Waals surface area contributed by atoms with Crippen LogP contribution in [-0.2, 0) is 4.74 Å². The Morgan fingerprint density at radius 3 is 2.31 bits per heavy atom. The van der Waals surface area contributed by atoms with Crippen molar-refractivity contribution in [3.63, 3.8) is 0 Å².